The molecule has 0 bridgehead atoms. The predicted molar refractivity (Wildman–Crippen MR) is 94.5 cm³/mol. The third-order valence-corrected chi connectivity index (χ3v) is 4.22. The zero-order valence-corrected chi connectivity index (χ0v) is 14.9. The number of halogens is 3. The minimum Gasteiger partial charge on any atom is -0.486 e. The fourth-order valence-corrected chi connectivity index (χ4v) is 3.17. The number of amides is 3. The molecule has 128 valence electrons. The van der Waals surface area contributed by atoms with Gasteiger partial charge in [0.2, 0.25) is 0 Å². The number of nitrogens with one attached hydrogen (secondary N) is 2. The molecule has 2 N–H and O–H groups in total. The SMILES string of the molecule is O=C1NC(=O)/C(=C\c2cc(Cl)c(OCc3ccc(F)cc3)c(Br)c2)N1. The lowest BCUT2D eigenvalue weighted by Gasteiger charge is -2.11. The lowest BCUT2D eigenvalue weighted by atomic mass is 10.2. The van der Waals surface area contributed by atoms with Crippen LogP contribution in [0.15, 0.2) is 46.6 Å². The number of hydrogen-bond donors (Lipinski definition) is 2. The average molecular weight is 426 g/mol. The van der Waals surface area contributed by atoms with Crippen LogP contribution in [0.1, 0.15) is 11.1 Å². The van der Waals surface area contributed by atoms with Crippen molar-refractivity contribution in [3.8, 4) is 5.75 Å². The number of ether oxygens (including phenoxy) is 1. The maximum absolute atomic E-state index is 12.9. The van der Waals surface area contributed by atoms with Crippen molar-refractivity contribution in [3.63, 3.8) is 0 Å². The second-order valence-electron chi connectivity index (χ2n) is 5.20. The minimum absolute atomic E-state index is 0.132. The largest absolute Gasteiger partial charge is 0.486 e. The minimum atomic E-state index is -0.569. The summed E-state index contributed by atoms with van der Waals surface area (Å²) >= 11 is 9.62. The van der Waals surface area contributed by atoms with Crippen LogP contribution in [0, 0.1) is 5.82 Å². The van der Waals surface area contributed by atoms with Crippen LogP contribution in [-0.4, -0.2) is 11.9 Å². The van der Waals surface area contributed by atoms with Crippen LogP contribution in [0.3, 0.4) is 0 Å². The van der Waals surface area contributed by atoms with Crippen molar-refractivity contribution >= 4 is 45.5 Å². The molecule has 1 heterocycles. The number of carbonyl (C=O) groups is 2. The van der Waals surface area contributed by atoms with E-state index in [2.05, 4.69) is 26.6 Å². The van der Waals surface area contributed by atoms with Gasteiger partial charge < -0.3 is 10.1 Å². The maximum Gasteiger partial charge on any atom is 0.326 e. The van der Waals surface area contributed by atoms with Gasteiger partial charge in [0.05, 0.1) is 9.50 Å². The lowest BCUT2D eigenvalue weighted by molar-refractivity contribution is -0.115. The van der Waals surface area contributed by atoms with E-state index >= 15 is 0 Å². The first kappa shape index (κ1) is 17.4. The highest BCUT2D eigenvalue weighted by Gasteiger charge is 2.23. The summed E-state index contributed by atoms with van der Waals surface area (Å²) in [6.07, 6.45) is 1.50. The first-order valence-corrected chi connectivity index (χ1v) is 8.30. The lowest BCUT2D eigenvalue weighted by Crippen LogP contribution is -2.22. The van der Waals surface area contributed by atoms with Gasteiger partial charge in [-0.15, -0.1) is 0 Å². The first-order valence-electron chi connectivity index (χ1n) is 7.12. The average Bonchev–Trinajstić information content (AvgIpc) is 2.86. The molecule has 5 nitrogen and oxygen atoms in total. The van der Waals surface area contributed by atoms with E-state index in [1.54, 1.807) is 24.3 Å². The molecule has 0 saturated carbocycles. The Hall–Kier alpha value is -2.38. The molecule has 25 heavy (non-hydrogen) atoms. The smallest absolute Gasteiger partial charge is 0.326 e. The van der Waals surface area contributed by atoms with Gasteiger partial charge in [-0.25, -0.2) is 9.18 Å². The molecule has 0 unspecified atom stereocenters. The van der Waals surface area contributed by atoms with Crippen molar-refractivity contribution in [2.24, 2.45) is 0 Å². The second-order valence-corrected chi connectivity index (χ2v) is 6.46. The van der Waals surface area contributed by atoms with Crippen molar-refractivity contribution in [2.45, 2.75) is 6.61 Å². The molecule has 1 fully saturated rings. The van der Waals surface area contributed by atoms with Crippen LogP contribution >= 0.6 is 27.5 Å². The molecule has 2 aromatic rings. The van der Waals surface area contributed by atoms with Crippen LogP contribution in [0.4, 0.5) is 9.18 Å². The van der Waals surface area contributed by atoms with E-state index in [9.17, 15) is 14.0 Å². The molecule has 0 spiro atoms. The van der Waals surface area contributed by atoms with Gasteiger partial charge in [0.15, 0.2) is 5.75 Å². The Kier molecular flexibility index (Phi) is 5.06. The molecule has 0 aromatic heterocycles. The highest BCUT2D eigenvalue weighted by atomic mass is 79.9. The standard InChI is InChI=1S/C17H11BrClFN2O3/c18-12-5-10(7-14-16(23)22-17(24)21-14)6-13(19)15(12)25-8-9-1-3-11(20)4-2-9/h1-7H,8H2,(H2,21,22,23,24)/b14-7+. The molecular weight excluding hydrogens is 415 g/mol. The van der Waals surface area contributed by atoms with E-state index in [4.69, 9.17) is 16.3 Å². The summed E-state index contributed by atoms with van der Waals surface area (Å²) < 4.78 is 19.2. The zero-order valence-electron chi connectivity index (χ0n) is 12.6. The summed E-state index contributed by atoms with van der Waals surface area (Å²) in [4.78, 5) is 22.7. The fraction of sp³-hybridized carbons (Fsp3) is 0.0588. The van der Waals surface area contributed by atoms with Crippen LogP contribution in [0.2, 0.25) is 5.02 Å². The first-order chi connectivity index (χ1) is 11.9. The third kappa shape index (κ3) is 4.18. The third-order valence-electron chi connectivity index (χ3n) is 3.35. The van der Waals surface area contributed by atoms with E-state index in [1.165, 1.54) is 18.2 Å². The van der Waals surface area contributed by atoms with Gasteiger partial charge in [0.1, 0.15) is 18.1 Å². The van der Waals surface area contributed by atoms with Gasteiger partial charge in [-0.2, -0.15) is 0 Å². The Morgan fingerprint density at radius 3 is 2.48 bits per heavy atom. The Bertz CT molecular complexity index is 861. The molecule has 0 atom stereocenters. The molecule has 1 aliphatic rings. The molecule has 3 amide bonds. The number of rotatable bonds is 4. The Balaban J connectivity index is 1.78. The summed E-state index contributed by atoms with van der Waals surface area (Å²) in [5, 5.41) is 4.84. The summed E-state index contributed by atoms with van der Waals surface area (Å²) in [5.74, 6) is -0.398. The van der Waals surface area contributed by atoms with Crippen molar-refractivity contribution in [2.75, 3.05) is 0 Å². The quantitative estimate of drug-likeness (QED) is 0.575. The maximum atomic E-state index is 12.9. The van der Waals surface area contributed by atoms with Crippen LogP contribution in [-0.2, 0) is 11.4 Å². The van der Waals surface area contributed by atoms with Gasteiger partial charge in [-0.3, -0.25) is 10.1 Å². The highest BCUT2D eigenvalue weighted by Crippen LogP contribution is 2.35. The fourth-order valence-electron chi connectivity index (χ4n) is 2.19. The summed E-state index contributed by atoms with van der Waals surface area (Å²) in [5.41, 5.74) is 1.53. The van der Waals surface area contributed by atoms with Gasteiger partial charge in [-0.05, 0) is 57.4 Å². The predicted octanol–water partition coefficient (Wildman–Crippen LogP) is 4.00. The van der Waals surface area contributed by atoms with Gasteiger partial charge in [0.25, 0.3) is 5.91 Å². The van der Waals surface area contributed by atoms with Gasteiger partial charge in [0, 0.05) is 0 Å². The van der Waals surface area contributed by atoms with Crippen molar-refractivity contribution < 1.29 is 18.7 Å². The molecule has 0 aliphatic carbocycles. The molecule has 8 heteroatoms. The van der Waals surface area contributed by atoms with E-state index < -0.39 is 11.9 Å². The number of benzene rings is 2. The molecule has 1 saturated heterocycles. The van der Waals surface area contributed by atoms with E-state index in [0.29, 0.717) is 20.8 Å². The number of imide groups is 1. The van der Waals surface area contributed by atoms with E-state index in [0.717, 1.165) is 5.56 Å². The summed E-state index contributed by atoms with van der Waals surface area (Å²) in [6.45, 7) is 0.220. The van der Waals surface area contributed by atoms with Crippen molar-refractivity contribution in [1.82, 2.24) is 10.6 Å². The van der Waals surface area contributed by atoms with E-state index in [-0.39, 0.29) is 18.1 Å². The van der Waals surface area contributed by atoms with Gasteiger partial charge >= 0.3 is 6.03 Å². The number of hydrogen-bond acceptors (Lipinski definition) is 3. The van der Waals surface area contributed by atoms with Crippen molar-refractivity contribution in [3.05, 3.63) is 68.5 Å². The Labute approximate surface area is 155 Å². The van der Waals surface area contributed by atoms with Gasteiger partial charge in [-0.1, -0.05) is 23.7 Å². The molecule has 2 aromatic carbocycles. The summed E-state index contributed by atoms with van der Waals surface area (Å²) in [7, 11) is 0. The second kappa shape index (κ2) is 7.25. The van der Waals surface area contributed by atoms with Crippen molar-refractivity contribution in [1.29, 1.82) is 0 Å². The number of carbonyl (C=O) groups excluding carboxylic acids is 2. The summed E-state index contributed by atoms with van der Waals surface area (Å²) in [6, 6.07) is 8.69. The monoisotopic (exact) mass is 424 g/mol. The highest BCUT2D eigenvalue weighted by molar-refractivity contribution is 9.10. The molecule has 3 rings (SSSR count). The normalized spacial score (nSPS) is 15.2. The Morgan fingerprint density at radius 2 is 1.88 bits per heavy atom. The molecule has 0 radical (unpaired) electrons. The van der Waals surface area contributed by atoms with Crippen LogP contribution in [0.5, 0.6) is 5.75 Å². The van der Waals surface area contributed by atoms with Crippen LogP contribution < -0.4 is 15.4 Å². The zero-order chi connectivity index (χ0) is 18.0. The van der Waals surface area contributed by atoms with Crippen LogP contribution in [0.25, 0.3) is 6.08 Å². The Morgan fingerprint density at radius 1 is 1.16 bits per heavy atom. The topological polar surface area (TPSA) is 67.4 Å². The molecule has 1 aliphatic heterocycles. The number of urea groups is 1. The van der Waals surface area contributed by atoms with E-state index in [1.807, 2.05) is 0 Å². The molecular formula is C17H11BrClFN2O3.